The molecule has 1 N–H and O–H groups in total. The summed E-state index contributed by atoms with van der Waals surface area (Å²) in [6, 6.07) is 6.31. The number of carboxylic acid groups (broad SMARTS) is 1. The highest BCUT2D eigenvalue weighted by Crippen LogP contribution is 2.52. The summed E-state index contributed by atoms with van der Waals surface area (Å²) in [6.07, 6.45) is 1.69. The van der Waals surface area contributed by atoms with Gasteiger partial charge in [-0.05, 0) is 42.0 Å². The molecule has 0 aliphatic carbocycles. The Kier molecular flexibility index (Phi) is 8.93. The average molecular weight is 526 g/mol. The van der Waals surface area contributed by atoms with E-state index in [9.17, 15) is 19.8 Å². The van der Waals surface area contributed by atoms with Crippen LogP contribution in [0.15, 0.2) is 24.3 Å². The van der Waals surface area contributed by atoms with Crippen molar-refractivity contribution in [3.8, 4) is 45.6 Å². The second-order valence-electron chi connectivity index (χ2n) is 8.66. The standard InChI is InChI=1S/C29H34O9/c1-8-10-15(9-2)25(30)24-23(29(32)33)21(16-11-12-18(34-3)19(13-16)35-4)22-17(26(24)31)14-20(36-5)27(37-6)28(22)38-7/h11-15,31H,8-10H2,1-7H3,(H,32,33)/p-1. The van der Waals surface area contributed by atoms with E-state index in [1.807, 2.05) is 13.8 Å². The maximum atomic E-state index is 14.0. The molecule has 0 aliphatic heterocycles. The van der Waals surface area contributed by atoms with Crippen LogP contribution in [0.2, 0.25) is 0 Å². The second kappa shape index (κ2) is 11.9. The van der Waals surface area contributed by atoms with Crippen molar-refractivity contribution in [1.29, 1.82) is 0 Å². The lowest BCUT2D eigenvalue weighted by Gasteiger charge is -2.27. The molecule has 9 nitrogen and oxygen atoms in total. The molecule has 0 saturated heterocycles. The van der Waals surface area contributed by atoms with Crippen molar-refractivity contribution < 1.29 is 43.5 Å². The van der Waals surface area contributed by atoms with Gasteiger partial charge in [-0.25, -0.2) is 4.79 Å². The van der Waals surface area contributed by atoms with E-state index in [0.717, 1.165) is 0 Å². The van der Waals surface area contributed by atoms with E-state index in [1.54, 1.807) is 18.2 Å². The van der Waals surface area contributed by atoms with E-state index in [0.29, 0.717) is 36.3 Å². The molecular weight excluding hydrogens is 492 g/mol. The van der Waals surface area contributed by atoms with Crippen LogP contribution in [0, 0.1) is 5.92 Å². The van der Waals surface area contributed by atoms with E-state index in [1.165, 1.54) is 41.6 Å². The zero-order chi connectivity index (χ0) is 28.1. The van der Waals surface area contributed by atoms with E-state index in [2.05, 4.69) is 0 Å². The summed E-state index contributed by atoms with van der Waals surface area (Å²) < 4.78 is 27.5. The Labute approximate surface area is 221 Å². The molecule has 3 aromatic carbocycles. The van der Waals surface area contributed by atoms with E-state index in [4.69, 9.17) is 23.7 Å². The number of benzene rings is 3. The zero-order valence-corrected chi connectivity index (χ0v) is 22.7. The number of fused-ring (bicyclic) bond motifs is 1. The second-order valence-corrected chi connectivity index (χ2v) is 8.66. The molecule has 0 fully saturated rings. The number of rotatable bonds is 12. The van der Waals surface area contributed by atoms with Gasteiger partial charge in [0.1, 0.15) is 0 Å². The number of Topliss-reactive ketones (excluding diaryl/α,β-unsaturated/α-hetero) is 1. The Balaban J connectivity index is 2.67. The van der Waals surface area contributed by atoms with Crippen molar-refractivity contribution in [1.82, 2.24) is 0 Å². The summed E-state index contributed by atoms with van der Waals surface area (Å²) in [5.74, 6) is -1.89. The number of aromatic carboxylic acids is 1. The molecule has 0 bridgehead atoms. The average Bonchev–Trinajstić information content (AvgIpc) is 2.93. The van der Waals surface area contributed by atoms with Gasteiger partial charge in [-0.1, -0.05) is 32.1 Å². The normalized spacial score (nSPS) is 11.7. The highest BCUT2D eigenvalue weighted by molar-refractivity contribution is 6.21. The minimum Gasteiger partial charge on any atom is -0.872 e. The molecular formula is C29H33O9-. The maximum Gasteiger partial charge on any atom is 0.337 e. The van der Waals surface area contributed by atoms with Crippen LogP contribution in [0.5, 0.6) is 34.5 Å². The fourth-order valence-corrected chi connectivity index (χ4v) is 4.88. The molecule has 0 heterocycles. The predicted molar refractivity (Wildman–Crippen MR) is 142 cm³/mol. The molecule has 0 amide bonds. The number of carbonyl (C=O) groups is 2. The fourth-order valence-electron chi connectivity index (χ4n) is 4.88. The molecule has 3 aromatic rings. The van der Waals surface area contributed by atoms with Gasteiger partial charge in [-0.2, -0.15) is 0 Å². The molecule has 204 valence electrons. The summed E-state index contributed by atoms with van der Waals surface area (Å²) in [6.45, 7) is 3.78. The summed E-state index contributed by atoms with van der Waals surface area (Å²) in [4.78, 5) is 26.7. The number of ketones is 1. The molecule has 38 heavy (non-hydrogen) atoms. The Bertz CT molecular complexity index is 1360. The lowest BCUT2D eigenvalue weighted by Crippen LogP contribution is -2.21. The summed E-state index contributed by atoms with van der Waals surface area (Å²) in [5, 5.41) is 24.7. The molecule has 9 heteroatoms. The summed E-state index contributed by atoms with van der Waals surface area (Å²) in [7, 11) is 7.14. The summed E-state index contributed by atoms with van der Waals surface area (Å²) in [5.41, 5.74) is -0.266. The number of ether oxygens (including phenoxy) is 5. The van der Waals surface area contributed by atoms with Gasteiger partial charge in [0.25, 0.3) is 0 Å². The van der Waals surface area contributed by atoms with Crippen LogP contribution in [0.1, 0.15) is 53.8 Å². The van der Waals surface area contributed by atoms with Crippen molar-refractivity contribution in [3.63, 3.8) is 0 Å². The molecule has 1 atom stereocenters. The van der Waals surface area contributed by atoms with E-state index < -0.39 is 29.0 Å². The highest BCUT2D eigenvalue weighted by atomic mass is 16.5. The van der Waals surface area contributed by atoms with Gasteiger partial charge in [0, 0.05) is 22.4 Å². The largest absolute Gasteiger partial charge is 0.872 e. The SMILES string of the molecule is CCCC(CC)C(=O)c1c(C(=O)O)c(-c2ccc(OC)c(OC)c2)c2c(OC)c(OC)c(OC)cc2c1[O-]. The van der Waals surface area contributed by atoms with Gasteiger partial charge in [0.2, 0.25) is 5.75 Å². The van der Waals surface area contributed by atoms with Crippen LogP contribution in [0.4, 0.5) is 0 Å². The topological polar surface area (TPSA) is 124 Å². The highest BCUT2D eigenvalue weighted by Gasteiger charge is 2.32. The number of carbonyl (C=O) groups excluding carboxylic acids is 1. The minimum atomic E-state index is -1.42. The van der Waals surface area contributed by atoms with Crippen molar-refractivity contribution >= 4 is 22.5 Å². The molecule has 1 unspecified atom stereocenters. The van der Waals surface area contributed by atoms with Crippen molar-refractivity contribution in [3.05, 3.63) is 35.4 Å². The third kappa shape index (κ3) is 4.76. The Morgan fingerprint density at radius 1 is 0.842 bits per heavy atom. The lowest BCUT2D eigenvalue weighted by molar-refractivity contribution is -0.266. The molecule has 0 aromatic heterocycles. The van der Waals surface area contributed by atoms with Gasteiger partial charge >= 0.3 is 5.97 Å². The predicted octanol–water partition coefficient (Wildman–Crippen LogP) is 5.33. The van der Waals surface area contributed by atoms with Crippen LogP contribution >= 0.6 is 0 Å². The Morgan fingerprint density at radius 3 is 1.97 bits per heavy atom. The maximum absolute atomic E-state index is 14.0. The van der Waals surface area contributed by atoms with Crippen molar-refractivity contribution in [2.45, 2.75) is 33.1 Å². The van der Waals surface area contributed by atoms with Crippen LogP contribution in [0.25, 0.3) is 21.9 Å². The minimum absolute atomic E-state index is 0.0731. The third-order valence-electron chi connectivity index (χ3n) is 6.68. The third-order valence-corrected chi connectivity index (χ3v) is 6.68. The quantitative estimate of drug-likeness (QED) is 0.312. The first-order valence-electron chi connectivity index (χ1n) is 12.2. The first-order valence-corrected chi connectivity index (χ1v) is 12.2. The van der Waals surface area contributed by atoms with Gasteiger partial charge < -0.3 is 33.9 Å². The van der Waals surface area contributed by atoms with Crippen molar-refractivity contribution in [2.24, 2.45) is 5.92 Å². The van der Waals surface area contributed by atoms with Gasteiger partial charge in [-0.3, -0.25) is 4.79 Å². The smallest absolute Gasteiger partial charge is 0.337 e. The van der Waals surface area contributed by atoms with Crippen molar-refractivity contribution in [2.75, 3.05) is 35.5 Å². The van der Waals surface area contributed by atoms with E-state index in [-0.39, 0.29) is 39.1 Å². The lowest BCUT2D eigenvalue weighted by atomic mass is 9.82. The van der Waals surface area contributed by atoms with Crippen LogP contribution < -0.4 is 28.8 Å². The van der Waals surface area contributed by atoms with Gasteiger partial charge in [-0.15, -0.1) is 0 Å². The first-order chi connectivity index (χ1) is 18.2. The molecule has 0 radical (unpaired) electrons. The Morgan fingerprint density at radius 2 is 1.47 bits per heavy atom. The molecule has 0 spiro atoms. The zero-order valence-electron chi connectivity index (χ0n) is 22.7. The molecule has 0 aliphatic rings. The Hall–Kier alpha value is -4.14. The van der Waals surface area contributed by atoms with Crippen LogP contribution in [-0.4, -0.2) is 52.4 Å². The van der Waals surface area contributed by atoms with Crippen LogP contribution in [0.3, 0.4) is 0 Å². The van der Waals surface area contributed by atoms with Gasteiger partial charge in [0.05, 0.1) is 41.1 Å². The number of hydrogen-bond donors (Lipinski definition) is 1. The van der Waals surface area contributed by atoms with Gasteiger partial charge in [0.15, 0.2) is 28.8 Å². The first kappa shape index (κ1) is 28.4. The molecule has 3 rings (SSSR count). The molecule has 0 saturated carbocycles. The number of methoxy groups -OCH3 is 5. The van der Waals surface area contributed by atoms with Crippen LogP contribution in [-0.2, 0) is 0 Å². The monoisotopic (exact) mass is 525 g/mol. The van der Waals surface area contributed by atoms with E-state index >= 15 is 0 Å². The fraction of sp³-hybridized carbons (Fsp3) is 0.379. The number of hydrogen-bond acceptors (Lipinski definition) is 8. The summed E-state index contributed by atoms with van der Waals surface area (Å²) >= 11 is 0. The number of carboxylic acids is 1.